The first-order valence-corrected chi connectivity index (χ1v) is 6.32. The Morgan fingerprint density at radius 3 is 2.82 bits per heavy atom. The molecule has 0 spiro atoms. The lowest BCUT2D eigenvalue weighted by atomic mass is 9.95. The summed E-state index contributed by atoms with van der Waals surface area (Å²) in [4.78, 5) is 0. The average Bonchev–Trinajstić information content (AvgIpc) is 2.93. The smallest absolute Gasteiger partial charge is 0.101 e. The van der Waals surface area contributed by atoms with Crippen molar-refractivity contribution in [2.45, 2.75) is 31.7 Å². The Labute approximate surface area is 102 Å². The summed E-state index contributed by atoms with van der Waals surface area (Å²) in [5.41, 5.74) is 7.88. The molecule has 0 heterocycles. The number of nitriles is 1. The maximum absolute atomic E-state index is 8.95. The van der Waals surface area contributed by atoms with E-state index in [0.717, 1.165) is 17.5 Å². The van der Waals surface area contributed by atoms with Crippen molar-refractivity contribution in [2.75, 3.05) is 11.1 Å². The summed E-state index contributed by atoms with van der Waals surface area (Å²) in [6, 6.07) is 8.38. The van der Waals surface area contributed by atoms with Crippen LogP contribution in [0.2, 0.25) is 0 Å². The Morgan fingerprint density at radius 2 is 2.18 bits per heavy atom. The van der Waals surface area contributed by atoms with Crippen LogP contribution in [-0.2, 0) is 0 Å². The molecule has 2 fully saturated rings. The Kier molecular flexibility index (Phi) is 2.44. The van der Waals surface area contributed by atoms with Crippen LogP contribution in [0.25, 0.3) is 0 Å². The minimum Gasteiger partial charge on any atom is -0.398 e. The molecule has 2 aliphatic carbocycles. The number of hydrogen-bond acceptors (Lipinski definition) is 3. The van der Waals surface area contributed by atoms with Crippen LogP contribution >= 0.6 is 0 Å². The van der Waals surface area contributed by atoms with E-state index in [9.17, 15) is 0 Å². The van der Waals surface area contributed by atoms with Crippen molar-refractivity contribution in [3.8, 4) is 6.07 Å². The van der Waals surface area contributed by atoms with Gasteiger partial charge in [-0.15, -0.1) is 0 Å². The Morgan fingerprint density at radius 1 is 1.29 bits per heavy atom. The van der Waals surface area contributed by atoms with Crippen molar-refractivity contribution in [3.63, 3.8) is 0 Å². The zero-order valence-corrected chi connectivity index (χ0v) is 9.82. The van der Waals surface area contributed by atoms with Gasteiger partial charge in [0.15, 0.2) is 0 Å². The summed E-state index contributed by atoms with van der Waals surface area (Å²) in [5.74, 6) is 1.77. The largest absolute Gasteiger partial charge is 0.398 e. The molecule has 3 heteroatoms. The number of nitrogens with zero attached hydrogens (tertiary/aromatic N) is 1. The highest BCUT2D eigenvalue weighted by atomic mass is 14.9. The van der Waals surface area contributed by atoms with Crippen molar-refractivity contribution in [3.05, 3.63) is 23.8 Å². The number of fused-ring (bicyclic) bond motifs is 2. The van der Waals surface area contributed by atoms with E-state index in [1.807, 2.05) is 18.2 Å². The minimum atomic E-state index is 0.561. The molecule has 3 rings (SSSR count). The highest BCUT2D eigenvalue weighted by Crippen LogP contribution is 2.45. The maximum atomic E-state index is 8.95. The van der Waals surface area contributed by atoms with Crippen molar-refractivity contribution in [1.82, 2.24) is 0 Å². The van der Waals surface area contributed by atoms with Crippen molar-refractivity contribution < 1.29 is 0 Å². The fourth-order valence-corrected chi connectivity index (χ4v) is 3.38. The molecule has 17 heavy (non-hydrogen) atoms. The van der Waals surface area contributed by atoms with E-state index in [-0.39, 0.29) is 0 Å². The SMILES string of the molecule is N#Cc1cc(NC2CC3CCC2C3)ccc1N. The molecular formula is C14H17N3. The van der Waals surface area contributed by atoms with Crippen LogP contribution < -0.4 is 11.1 Å². The van der Waals surface area contributed by atoms with Gasteiger partial charge in [-0.25, -0.2) is 0 Å². The number of hydrogen-bond donors (Lipinski definition) is 2. The quantitative estimate of drug-likeness (QED) is 0.764. The fourth-order valence-electron chi connectivity index (χ4n) is 3.38. The third kappa shape index (κ3) is 1.84. The predicted octanol–water partition coefficient (Wildman–Crippen LogP) is 2.74. The number of benzene rings is 1. The minimum absolute atomic E-state index is 0.561. The highest BCUT2D eigenvalue weighted by Gasteiger charge is 2.39. The fraction of sp³-hybridized carbons (Fsp3) is 0.500. The summed E-state index contributed by atoms with van der Waals surface area (Å²) < 4.78 is 0. The maximum Gasteiger partial charge on any atom is 0.101 e. The summed E-state index contributed by atoms with van der Waals surface area (Å²) in [6.07, 6.45) is 5.45. The summed E-state index contributed by atoms with van der Waals surface area (Å²) >= 11 is 0. The molecule has 0 amide bonds. The van der Waals surface area contributed by atoms with Gasteiger partial charge >= 0.3 is 0 Å². The second-order valence-corrected chi connectivity index (χ2v) is 5.34. The molecule has 2 saturated carbocycles. The third-order valence-electron chi connectivity index (χ3n) is 4.26. The van der Waals surface area contributed by atoms with Gasteiger partial charge in [0.2, 0.25) is 0 Å². The van der Waals surface area contributed by atoms with Crippen LogP contribution in [0.15, 0.2) is 18.2 Å². The molecule has 1 aromatic rings. The van der Waals surface area contributed by atoms with E-state index in [2.05, 4.69) is 11.4 Å². The lowest BCUT2D eigenvalue weighted by molar-refractivity contribution is 0.440. The van der Waals surface area contributed by atoms with E-state index < -0.39 is 0 Å². The van der Waals surface area contributed by atoms with Gasteiger partial charge in [-0.05, 0) is 49.3 Å². The first-order chi connectivity index (χ1) is 8.26. The molecule has 2 bridgehead atoms. The van der Waals surface area contributed by atoms with Crippen molar-refractivity contribution in [1.29, 1.82) is 5.26 Å². The van der Waals surface area contributed by atoms with E-state index in [1.54, 1.807) is 0 Å². The first-order valence-electron chi connectivity index (χ1n) is 6.32. The standard InChI is InChI=1S/C14H17N3/c15-8-11-7-12(3-4-13(11)16)17-14-6-9-1-2-10(14)5-9/h3-4,7,9-10,14,17H,1-2,5-6,16H2. The number of nitrogens with two attached hydrogens (primary N) is 1. The van der Waals surface area contributed by atoms with Crippen LogP contribution in [0, 0.1) is 23.2 Å². The average molecular weight is 227 g/mol. The van der Waals surface area contributed by atoms with Gasteiger partial charge in [-0.3, -0.25) is 0 Å². The van der Waals surface area contributed by atoms with Gasteiger partial charge in [-0.1, -0.05) is 6.42 Å². The lowest BCUT2D eigenvalue weighted by Gasteiger charge is -2.24. The first kappa shape index (κ1) is 10.5. The van der Waals surface area contributed by atoms with Gasteiger partial charge < -0.3 is 11.1 Å². The Balaban J connectivity index is 1.75. The second kappa shape index (κ2) is 3.96. The summed E-state index contributed by atoms with van der Waals surface area (Å²) in [5, 5.41) is 12.5. The van der Waals surface area contributed by atoms with Crippen molar-refractivity contribution in [2.24, 2.45) is 11.8 Å². The Bertz CT molecular complexity index is 475. The molecule has 88 valence electrons. The Hall–Kier alpha value is -1.69. The highest BCUT2D eigenvalue weighted by molar-refractivity contribution is 5.62. The number of rotatable bonds is 2. The molecule has 1 aromatic carbocycles. The second-order valence-electron chi connectivity index (χ2n) is 5.34. The van der Waals surface area contributed by atoms with Gasteiger partial charge in [0.05, 0.1) is 5.56 Å². The van der Waals surface area contributed by atoms with E-state index in [1.165, 1.54) is 25.7 Å². The molecule has 0 saturated heterocycles. The molecule has 0 aliphatic heterocycles. The van der Waals surface area contributed by atoms with Gasteiger partial charge in [0, 0.05) is 17.4 Å². The molecule has 3 atom stereocenters. The third-order valence-corrected chi connectivity index (χ3v) is 4.26. The van der Waals surface area contributed by atoms with E-state index in [0.29, 0.717) is 17.3 Å². The van der Waals surface area contributed by atoms with E-state index in [4.69, 9.17) is 11.0 Å². The number of anilines is 2. The molecule has 3 nitrogen and oxygen atoms in total. The predicted molar refractivity (Wildman–Crippen MR) is 68.4 cm³/mol. The normalized spacial score (nSPS) is 30.2. The molecule has 2 aliphatic rings. The van der Waals surface area contributed by atoms with Crippen molar-refractivity contribution >= 4 is 11.4 Å². The van der Waals surface area contributed by atoms with Crippen LogP contribution in [0.4, 0.5) is 11.4 Å². The van der Waals surface area contributed by atoms with Gasteiger partial charge in [-0.2, -0.15) is 5.26 Å². The lowest BCUT2D eigenvalue weighted by Crippen LogP contribution is -2.25. The summed E-state index contributed by atoms with van der Waals surface area (Å²) in [6.45, 7) is 0. The van der Waals surface area contributed by atoms with Crippen LogP contribution in [-0.4, -0.2) is 6.04 Å². The number of nitrogen functional groups attached to an aromatic ring is 1. The van der Waals surface area contributed by atoms with Crippen LogP contribution in [0.3, 0.4) is 0 Å². The topological polar surface area (TPSA) is 61.8 Å². The van der Waals surface area contributed by atoms with Gasteiger partial charge in [0.1, 0.15) is 6.07 Å². The molecule has 0 radical (unpaired) electrons. The van der Waals surface area contributed by atoms with Gasteiger partial charge in [0.25, 0.3) is 0 Å². The number of nitrogens with one attached hydrogen (secondary N) is 1. The molecular weight excluding hydrogens is 210 g/mol. The molecule has 0 aromatic heterocycles. The van der Waals surface area contributed by atoms with Crippen LogP contribution in [0.5, 0.6) is 0 Å². The van der Waals surface area contributed by atoms with Crippen LogP contribution in [0.1, 0.15) is 31.2 Å². The molecule has 3 unspecified atom stereocenters. The monoisotopic (exact) mass is 227 g/mol. The zero-order valence-electron chi connectivity index (χ0n) is 9.82. The van der Waals surface area contributed by atoms with E-state index >= 15 is 0 Å². The zero-order chi connectivity index (χ0) is 11.8. The summed E-state index contributed by atoms with van der Waals surface area (Å²) in [7, 11) is 0. The molecule has 3 N–H and O–H groups in total.